The molecule has 0 aliphatic heterocycles. The second-order valence-corrected chi connectivity index (χ2v) is 5.13. The standard InChI is InChI=1S/C14H17N3O/c1-10(2)9-17(12-4-5-12)14(18)13-6-3-11(7-15)8-16-13/h3,6,8,10,12H,4-5,9H2,1-2H3. The van der Waals surface area contributed by atoms with Crippen LogP contribution in [0.15, 0.2) is 18.3 Å². The van der Waals surface area contributed by atoms with Crippen LogP contribution in [0.1, 0.15) is 42.7 Å². The molecule has 1 fully saturated rings. The molecule has 1 aromatic rings. The van der Waals surface area contributed by atoms with Gasteiger partial charge in [-0.3, -0.25) is 4.79 Å². The van der Waals surface area contributed by atoms with E-state index in [0.29, 0.717) is 23.2 Å². The molecule has 0 aromatic carbocycles. The number of carbonyl (C=O) groups is 1. The topological polar surface area (TPSA) is 57.0 Å². The van der Waals surface area contributed by atoms with Gasteiger partial charge in [0.15, 0.2) is 0 Å². The molecule has 18 heavy (non-hydrogen) atoms. The van der Waals surface area contributed by atoms with Crippen LogP contribution in [0.3, 0.4) is 0 Å². The van der Waals surface area contributed by atoms with E-state index in [0.717, 1.165) is 19.4 Å². The van der Waals surface area contributed by atoms with Gasteiger partial charge in [0.25, 0.3) is 5.91 Å². The summed E-state index contributed by atoms with van der Waals surface area (Å²) < 4.78 is 0. The van der Waals surface area contributed by atoms with E-state index in [1.165, 1.54) is 6.20 Å². The lowest BCUT2D eigenvalue weighted by molar-refractivity contribution is 0.0716. The monoisotopic (exact) mass is 243 g/mol. The Bertz CT molecular complexity index is 469. The number of aromatic nitrogens is 1. The third-order valence-corrected chi connectivity index (χ3v) is 2.92. The van der Waals surface area contributed by atoms with Crippen LogP contribution < -0.4 is 0 Å². The number of pyridine rings is 1. The van der Waals surface area contributed by atoms with Gasteiger partial charge in [-0.05, 0) is 30.9 Å². The largest absolute Gasteiger partial charge is 0.334 e. The SMILES string of the molecule is CC(C)CN(C(=O)c1ccc(C#N)cn1)C1CC1. The molecule has 1 aromatic heterocycles. The molecular weight excluding hydrogens is 226 g/mol. The van der Waals surface area contributed by atoms with Crippen molar-refractivity contribution in [2.45, 2.75) is 32.7 Å². The highest BCUT2D eigenvalue weighted by molar-refractivity contribution is 5.92. The number of hydrogen-bond acceptors (Lipinski definition) is 3. The van der Waals surface area contributed by atoms with Crippen molar-refractivity contribution in [2.75, 3.05) is 6.54 Å². The fraction of sp³-hybridized carbons (Fsp3) is 0.500. The van der Waals surface area contributed by atoms with Gasteiger partial charge in [-0.15, -0.1) is 0 Å². The lowest BCUT2D eigenvalue weighted by atomic mass is 10.2. The molecule has 0 radical (unpaired) electrons. The summed E-state index contributed by atoms with van der Waals surface area (Å²) >= 11 is 0. The van der Waals surface area contributed by atoms with E-state index >= 15 is 0 Å². The number of carbonyl (C=O) groups excluding carboxylic acids is 1. The van der Waals surface area contributed by atoms with E-state index in [-0.39, 0.29) is 5.91 Å². The predicted molar refractivity (Wildman–Crippen MR) is 67.8 cm³/mol. The van der Waals surface area contributed by atoms with Crippen LogP contribution in [-0.2, 0) is 0 Å². The van der Waals surface area contributed by atoms with Gasteiger partial charge < -0.3 is 4.90 Å². The quantitative estimate of drug-likeness (QED) is 0.814. The molecule has 4 heteroatoms. The molecule has 1 amide bonds. The van der Waals surface area contributed by atoms with E-state index in [4.69, 9.17) is 5.26 Å². The van der Waals surface area contributed by atoms with Crippen molar-refractivity contribution in [3.8, 4) is 6.07 Å². The first-order valence-corrected chi connectivity index (χ1v) is 6.29. The van der Waals surface area contributed by atoms with Crippen LogP contribution in [0.25, 0.3) is 0 Å². The maximum atomic E-state index is 12.3. The second kappa shape index (κ2) is 5.18. The summed E-state index contributed by atoms with van der Waals surface area (Å²) in [6.45, 7) is 4.98. The first-order chi connectivity index (χ1) is 8.61. The summed E-state index contributed by atoms with van der Waals surface area (Å²) in [6, 6.07) is 5.66. The van der Waals surface area contributed by atoms with Crippen molar-refractivity contribution in [3.05, 3.63) is 29.6 Å². The molecule has 2 rings (SSSR count). The van der Waals surface area contributed by atoms with E-state index in [2.05, 4.69) is 18.8 Å². The van der Waals surface area contributed by atoms with Crippen LogP contribution in [0.2, 0.25) is 0 Å². The highest BCUT2D eigenvalue weighted by atomic mass is 16.2. The Morgan fingerprint density at radius 1 is 1.56 bits per heavy atom. The Labute approximate surface area is 107 Å². The van der Waals surface area contributed by atoms with Crippen LogP contribution in [0.5, 0.6) is 0 Å². The van der Waals surface area contributed by atoms with Gasteiger partial charge in [0.1, 0.15) is 11.8 Å². The Kier molecular flexibility index (Phi) is 3.61. The normalized spacial score (nSPS) is 14.3. The third kappa shape index (κ3) is 2.86. The van der Waals surface area contributed by atoms with Crippen molar-refractivity contribution in [3.63, 3.8) is 0 Å². The molecule has 4 nitrogen and oxygen atoms in total. The summed E-state index contributed by atoms with van der Waals surface area (Å²) in [5, 5.41) is 8.71. The maximum absolute atomic E-state index is 12.3. The van der Waals surface area contributed by atoms with E-state index in [1.807, 2.05) is 11.0 Å². The van der Waals surface area contributed by atoms with Gasteiger partial charge in [-0.1, -0.05) is 13.8 Å². The fourth-order valence-electron chi connectivity index (χ4n) is 1.91. The smallest absolute Gasteiger partial charge is 0.272 e. The number of rotatable bonds is 4. The van der Waals surface area contributed by atoms with Gasteiger partial charge in [-0.2, -0.15) is 5.26 Å². The molecule has 1 heterocycles. The number of nitriles is 1. The van der Waals surface area contributed by atoms with Crippen molar-refractivity contribution >= 4 is 5.91 Å². The van der Waals surface area contributed by atoms with Gasteiger partial charge >= 0.3 is 0 Å². The Balaban J connectivity index is 2.14. The van der Waals surface area contributed by atoms with Crippen LogP contribution in [0.4, 0.5) is 0 Å². The first kappa shape index (κ1) is 12.6. The molecule has 1 aliphatic rings. The predicted octanol–water partition coefficient (Wildman–Crippen LogP) is 2.21. The minimum absolute atomic E-state index is 0.0179. The molecule has 0 atom stereocenters. The van der Waals surface area contributed by atoms with E-state index in [9.17, 15) is 4.79 Å². The lowest BCUT2D eigenvalue weighted by Gasteiger charge is -2.24. The summed E-state index contributed by atoms with van der Waals surface area (Å²) in [5.41, 5.74) is 0.912. The average molecular weight is 243 g/mol. The Morgan fingerprint density at radius 2 is 2.28 bits per heavy atom. The van der Waals surface area contributed by atoms with Crippen LogP contribution in [-0.4, -0.2) is 28.4 Å². The van der Waals surface area contributed by atoms with Gasteiger partial charge in [-0.25, -0.2) is 4.98 Å². The zero-order valence-corrected chi connectivity index (χ0v) is 10.8. The zero-order valence-electron chi connectivity index (χ0n) is 10.8. The summed E-state index contributed by atoms with van der Waals surface area (Å²) in [4.78, 5) is 18.3. The highest BCUT2D eigenvalue weighted by Crippen LogP contribution is 2.28. The number of hydrogen-bond donors (Lipinski definition) is 0. The van der Waals surface area contributed by atoms with Crippen molar-refractivity contribution in [1.82, 2.24) is 9.88 Å². The number of nitrogens with zero attached hydrogens (tertiary/aromatic N) is 3. The molecule has 0 spiro atoms. The lowest BCUT2D eigenvalue weighted by Crippen LogP contribution is -2.36. The molecule has 0 saturated heterocycles. The highest BCUT2D eigenvalue weighted by Gasteiger charge is 2.33. The molecule has 0 bridgehead atoms. The molecule has 94 valence electrons. The minimum Gasteiger partial charge on any atom is -0.334 e. The summed E-state index contributed by atoms with van der Waals surface area (Å²) in [6.07, 6.45) is 3.64. The van der Waals surface area contributed by atoms with Gasteiger partial charge in [0, 0.05) is 18.8 Å². The van der Waals surface area contributed by atoms with Crippen molar-refractivity contribution in [2.24, 2.45) is 5.92 Å². The van der Waals surface area contributed by atoms with Gasteiger partial charge in [0.2, 0.25) is 0 Å². The van der Waals surface area contributed by atoms with E-state index < -0.39 is 0 Å². The van der Waals surface area contributed by atoms with Crippen LogP contribution in [0, 0.1) is 17.2 Å². The summed E-state index contributed by atoms with van der Waals surface area (Å²) in [5.74, 6) is 0.434. The average Bonchev–Trinajstić information content (AvgIpc) is 3.19. The zero-order chi connectivity index (χ0) is 13.1. The summed E-state index contributed by atoms with van der Waals surface area (Å²) in [7, 11) is 0. The molecule has 0 unspecified atom stereocenters. The Morgan fingerprint density at radius 3 is 2.72 bits per heavy atom. The molecule has 1 saturated carbocycles. The van der Waals surface area contributed by atoms with Crippen LogP contribution >= 0.6 is 0 Å². The fourth-order valence-corrected chi connectivity index (χ4v) is 1.91. The molecule has 0 N–H and O–H groups in total. The Hall–Kier alpha value is -1.89. The third-order valence-electron chi connectivity index (χ3n) is 2.92. The number of amides is 1. The van der Waals surface area contributed by atoms with Gasteiger partial charge in [0.05, 0.1) is 5.56 Å². The first-order valence-electron chi connectivity index (χ1n) is 6.29. The minimum atomic E-state index is -0.0179. The molecule has 1 aliphatic carbocycles. The van der Waals surface area contributed by atoms with Crippen molar-refractivity contribution < 1.29 is 4.79 Å². The van der Waals surface area contributed by atoms with Crippen molar-refractivity contribution in [1.29, 1.82) is 5.26 Å². The molecular formula is C14H17N3O. The van der Waals surface area contributed by atoms with E-state index in [1.54, 1.807) is 12.1 Å². The maximum Gasteiger partial charge on any atom is 0.272 e. The second-order valence-electron chi connectivity index (χ2n) is 5.13.